The Morgan fingerprint density at radius 3 is 2.35 bits per heavy atom. The number of rotatable bonds is 2. The molecular formula is C20H15N5O. The Balaban J connectivity index is 1.93. The first-order valence-electron chi connectivity index (χ1n) is 8.35. The van der Waals surface area contributed by atoms with E-state index in [2.05, 4.69) is 17.1 Å². The first kappa shape index (κ1) is 14.8. The van der Waals surface area contributed by atoms with E-state index in [1.807, 2.05) is 47.0 Å². The summed E-state index contributed by atoms with van der Waals surface area (Å²) in [6.07, 6.45) is 0. The SMILES string of the molecule is Cc1nc2c(c(=N)o1)c1nc3ccccc3nc1n2Cc1ccccc1. The summed E-state index contributed by atoms with van der Waals surface area (Å²) in [4.78, 5) is 14.1. The van der Waals surface area contributed by atoms with Crippen LogP contribution >= 0.6 is 0 Å². The van der Waals surface area contributed by atoms with Crippen molar-refractivity contribution in [3.05, 3.63) is 71.6 Å². The van der Waals surface area contributed by atoms with Crippen molar-refractivity contribution in [1.29, 1.82) is 5.41 Å². The molecule has 1 N–H and O–H groups in total. The molecule has 3 heterocycles. The minimum absolute atomic E-state index is 0.0638. The van der Waals surface area contributed by atoms with Gasteiger partial charge in [-0.25, -0.2) is 9.97 Å². The number of aryl methyl sites for hydroxylation is 1. The van der Waals surface area contributed by atoms with Gasteiger partial charge in [-0.3, -0.25) is 5.41 Å². The Morgan fingerprint density at radius 2 is 1.58 bits per heavy atom. The van der Waals surface area contributed by atoms with Crippen LogP contribution in [0.1, 0.15) is 11.5 Å². The fourth-order valence-electron chi connectivity index (χ4n) is 3.30. The molecule has 0 radical (unpaired) electrons. The number of para-hydroxylation sites is 2. The lowest BCUT2D eigenvalue weighted by molar-refractivity contribution is 0.446. The monoisotopic (exact) mass is 341 g/mol. The van der Waals surface area contributed by atoms with E-state index in [1.165, 1.54) is 0 Å². The predicted octanol–water partition coefficient (Wildman–Crippen LogP) is 3.56. The third-order valence-electron chi connectivity index (χ3n) is 4.45. The number of hydrogen-bond donors (Lipinski definition) is 1. The zero-order chi connectivity index (χ0) is 17.7. The van der Waals surface area contributed by atoms with E-state index in [0.29, 0.717) is 34.6 Å². The second-order valence-electron chi connectivity index (χ2n) is 6.22. The molecule has 0 fully saturated rings. The highest BCUT2D eigenvalue weighted by atomic mass is 16.3. The lowest BCUT2D eigenvalue weighted by Crippen LogP contribution is -2.06. The standard InChI is InChI=1S/C20H15N5O/c1-12-22-19-16(18(21)26-12)17-20(24-15-10-6-5-9-14(15)23-17)25(19)11-13-7-3-2-4-8-13/h2-10,21H,11H2,1H3. The maximum absolute atomic E-state index is 8.30. The van der Waals surface area contributed by atoms with Crippen molar-refractivity contribution in [2.75, 3.05) is 0 Å². The fourth-order valence-corrected chi connectivity index (χ4v) is 3.30. The van der Waals surface area contributed by atoms with Crippen LogP contribution in [-0.2, 0) is 6.54 Å². The Hall–Kier alpha value is -3.54. The molecule has 0 saturated heterocycles. The first-order chi connectivity index (χ1) is 12.7. The van der Waals surface area contributed by atoms with Gasteiger partial charge >= 0.3 is 0 Å². The Kier molecular flexibility index (Phi) is 3.12. The molecule has 0 unspecified atom stereocenters. The summed E-state index contributed by atoms with van der Waals surface area (Å²) in [7, 11) is 0. The van der Waals surface area contributed by atoms with Crippen molar-refractivity contribution in [3.63, 3.8) is 0 Å². The molecule has 0 aliphatic rings. The van der Waals surface area contributed by atoms with Gasteiger partial charge in [-0.2, -0.15) is 4.98 Å². The molecule has 6 nitrogen and oxygen atoms in total. The number of fused-ring (bicyclic) bond motifs is 4. The Bertz CT molecular complexity index is 1330. The fraction of sp³-hybridized carbons (Fsp3) is 0.100. The van der Waals surface area contributed by atoms with E-state index in [-0.39, 0.29) is 5.55 Å². The zero-order valence-electron chi connectivity index (χ0n) is 14.1. The molecule has 26 heavy (non-hydrogen) atoms. The van der Waals surface area contributed by atoms with E-state index in [4.69, 9.17) is 19.8 Å². The van der Waals surface area contributed by atoms with Gasteiger partial charge < -0.3 is 8.98 Å². The van der Waals surface area contributed by atoms with Crippen LogP contribution in [0.5, 0.6) is 0 Å². The number of aromatic nitrogens is 4. The summed E-state index contributed by atoms with van der Waals surface area (Å²) in [5, 5.41) is 8.90. The van der Waals surface area contributed by atoms with E-state index >= 15 is 0 Å². The highest BCUT2D eigenvalue weighted by molar-refractivity contribution is 6.04. The largest absolute Gasteiger partial charge is 0.425 e. The Labute approximate surface area is 148 Å². The topological polar surface area (TPSA) is 80.6 Å². The summed E-state index contributed by atoms with van der Waals surface area (Å²) in [6, 6.07) is 17.9. The van der Waals surface area contributed by atoms with E-state index in [0.717, 1.165) is 16.6 Å². The van der Waals surface area contributed by atoms with Crippen LogP contribution < -0.4 is 5.55 Å². The lowest BCUT2D eigenvalue weighted by atomic mass is 10.2. The van der Waals surface area contributed by atoms with E-state index < -0.39 is 0 Å². The van der Waals surface area contributed by atoms with Crippen molar-refractivity contribution in [2.45, 2.75) is 13.5 Å². The number of nitrogens with one attached hydrogen (secondary N) is 1. The van der Waals surface area contributed by atoms with Crippen LogP contribution in [-0.4, -0.2) is 19.5 Å². The van der Waals surface area contributed by atoms with Gasteiger partial charge in [0.1, 0.15) is 10.9 Å². The predicted molar refractivity (Wildman–Crippen MR) is 98.7 cm³/mol. The van der Waals surface area contributed by atoms with Crippen LogP contribution in [0.4, 0.5) is 0 Å². The molecule has 126 valence electrons. The van der Waals surface area contributed by atoms with Gasteiger partial charge in [0.25, 0.3) is 0 Å². The summed E-state index contributed by atoms with van der Waals surface area (Å²) in [5.74, 6) is 0.448. The van der Waals surface area contributed by atoms with Crippen molar-refractivity contribution in [3.8, 4) is 0 Å². The second-order valence-corrected chi connectivity index (χ2v) is 6.22. The molecular weight excluding hydrogens is 326 g/mol. The maximum atomic E-state index is 8.30. The second kappa shape index (κ2) is 5.49. The Morgan fingerprint density at radius 1 is 0.885 bits per heavy atom. The van der Waals surface area contributed by atoms with Gasteiger partial charge in [0, 0.05) is 6.92 Å². The molecule has 0 aliphatic heterocycles. The minimum atomic E-state index is 0.0638. The molecule has 6 heteroatoms. The maximum Gasteiger partial charge on any atom is 0.227 e. The molecule has 0 amide bonds. The molecule has 0 bridgehead atoms. The minimum Gasteiger partial charge on any atom is -0.425 e. The molecule has 0 spiro atoms. The van der Waals surface area contributed by atoms with Crippen molar-refractivity contribution < 1.29 is 4.42 Å². The average molecular weight is 341 g/mol. The normalized spacial score (nSPS) is 11.6. The van der Waals surface area contributed by atoms with Crippen LogP contribution in [0, 0.1) is 12.3 Å². The molecule has 0 atom stereocenters. The van der Waals surface area contributed by atoms with Crippen LogP contribution in [0.3, 0.4) is 0 Å². The number of hydrogen-bond acceptors (Lipinski definition) is 5. The highest BCUT2D eigenvalue weighted by Gasteiger charge is 2.18. The zero-order valence-corrected chi connectivity index (χ0v) is 14.1. The van der Waals surface area contributed by atoms with Gasteiger partial charge in [0.2, 0.25) is 5.55 Å². The van der Waals surface area contributed by atoms with Crippen LogP contribution in [0.2, 0.25) is 0 Å². The van der Waals surface area contributed by atoms with Gasteiger partial charge in [-0.15, -0.1) is 0 Å². The molecule has 5 rings (SSSR count). The van der Waals surface area contributed by atoms with Crippen LogP contribution in [0.25, 0.3) is 33.2 Å². The van der Waals surface area contributed by atoms with Crippen molar-refractivity contribution >= 4 is 33.2 Å². The third-order valence-corrected chi connectivity index (χ3v) is 4.45. The summed E-state index contributed by atoms with van der Waals surface area (Å²) < 4.78 is 7.46. The number of nitrogens with zero attached hydrogens (tertiary/aromatic N) is 4. The molecule has 2 aromatic carbocycles. The molecule has 0 aliphatic carbocycles. The van der Waals surface area contributed by atoms with Crippen molar-refractivity contribution in [2.24, 2.45) is 0 Å². The van der Waals surface area contributed by atoms with Crippen LogP contribution in [0.15, 0.2) is 59.0 Å². The van der Waals surface area contributed by atoms with Gasteiger partial charge in [0.15, 0.2) is 17.2 Å². The van der Waals surface area contributed by atoms with Gasteiger partial charge in [0.05, 0.1) is 17.6 Å². The summed E-state index contributed by atoms with van der Waals surface area (Å²) in [6.45, 7) is 2.35. The quantitative estimate of drug-likeness (QED) is 0.532. The highest BCUT2D eigenvalue weighted by Crippen LogP contribution is 2.26. The summed E-state index contributed by atoms with van der Waals surface area (Å²) >= 11 is 0. The molecule has 5 aromatic rings. The first-order valence-corrected chi connectivity index (χ1v) is 8.35. The molecule has 3 aromatic heterocycles. The lowest BCUT2D eigenvalue weighted by Gasteiger charge is -2.06. The van der Waals surface area contributed by atoms with Crippen molar-refractivity contribution in [1.82, 2.24) is 19.5 Å². The van der Waals surface area contributed by atoms with E-state index in [1.54, 1.807) is 6.92 Å². The molecule has 0 saturated carbocycles. The van der Waals surface area contributed by atoms with Gasteiger partial charge in [-0.05, 0) is 17.7 Å². The third kappa shape index (κ3) is 2.19. The van der Waals surface area contributed by atoms with Gasteiger partial charge in [-0.1, -0.05) is 42.5 Å². The number of benzene rings is 2. The summed E-state index contributed by atoms with van der Waals surface area (Å²) in [5.41, 5.74) is 4.84. The smallest absolute Gasteiger partial charge is 0.227 e. The average Bonchev–Trinajstić information content (AvgIpc) is 2.94. The van der Waals surface area contributed by atoms with E-state index in [9.17, 15) is 0 Å².